The van der Waals surface area contributed by atoms with E-state index in [1.165, 1.54) is 10.3 Å². The summed E-state index contributed by atoms with van der Waals surface area (Å²) in [6.07, 6.45) is 3.60. The Labute approximate surface area is 187 Å². The van der Waals surface area contributed by atoms with Crippen LogP contribution in [-0.4, -0.2) is 60.6 Å². The van der Waals surface area contributed by atoms with E-state index in [1.807, 2.05) is 6.07 Å². The number of aryl methyl sites for hydroxylation is 1. The molecule has 3 aromatic rings. The monoisotopic (exact) mass is 435 g/mol. The zero-order valence-corrected chi connectivity index (χ0v) is 18.4. The Kier molecular flexibility index (Phi) is 6.05. The molecule has 168 valence electrons. The molecule has 2 aliphatic rings. The molecule has 2 fully saturated rings. The maximum atomic E-state index is 12.9. The van der Waals surface area contributed by atoms with Crippen LogP contribution in [0.25, 0.3) is 22.2 Å². The Balaban J connectivity index is 1.47. The molecule has 0 atom stereocenters. The van der Waals surface area contributed by atoms with Crippen molar-refractivity contribution in [3.05, 3.63) is 47.0 Å². The lowest BCUT2D eigenvalue weighted by Crippen LogP contribution is -2.36. The van der Waals surface area contributed by atoms with E-state index < -0.39 is 0 Å². The highest BCUT2D eigenvalue weighted by Crippen LogP contribution is 2.27. The van der Waals surface area contributed by atoms with Crippen LogP contribution in [0.3, 0.4) is 0 Å². The van der Waals surface area contributed by atoms with Gasteiger partial charge in [0, 0.05) is 51.1 Å². The van der Waals surface area contributed by atoms with Gasteiger partial charge in [-0.05, 0) is 37.0 Å². The van der Waals surface area contributed by atoms with Crippen LogP contribution in [0, 0.1) is 5.92 Å². The summed E-state index contributed by atoms with van der Waals surface area (Å²) >= 11 is 0. The number of nitrogens with zero attached hydrogens (tertiary/aromatic N) is 4. The number of ether oxygens (including phenoxy) is 2. The average Bonchev–Trinajstić information content (AvgIpc) is 2.86. The molecule has 2 aromatic heterocycles. The van der Waals surface area contributed by atoms with E-state index in [9.17, 15) is 4.79 Å². The predicted molar refractivity (Wildman–Crippen MR) is 125 cm³/mol. The van der Waals surface area contributed by atoms with E-state index in [1.54, 1.807) is 13.4 Å². The summed E-state index contributed by atoms with van der Waals surface area (Å²) in [5, 5.41) is 3.99. The van der Waals surface area contributed by atoms with E-state index in [0.29, 0.717) is 22.6 Å². The largest absolute Gasteiger partial charge is 0.381 e. The number of benzene rings is 1. The van der Waals surface area contributed by atoms with Gasteiger partial charge < -0.3 is 24.3 Å². The quantitative estimate of drug-likeness (QED) is 0.660. The second kappa shape index (κ2) is 9.26. The molecule has 8 nitrogen and oxygen atoms in total. The highest BCUT2D eigenvalue weighted by molar-refractivity contribution is 5.91. The van der Waals surface area contributed by atoms with Crippen LogP contribution in [0.1, 0.15) is 12.8 Å². The van der Waals surface area contributed by atoms with Crippen LogP contribution < -0.4 is 15.8 Å². The molecular weight excluding hydrogens is 406 g/mol. The fourth-order valence-corrected chi connectivity index (χ4v) is 4.35. The number of morpholine rings is 1. The van der Waals surface area contributed by atoms with Gasteiger partial charge in [-0.25, -0.2) is 9.97 Å². The van der Waals surface area contributed by atoms with Gasteiger partial charge in [-0.15, -0.1) is 0 Å². The van der Waals surface area contributed by atoms with Gasteiger partial charge in [0.25, 0.3) is 5.56 Å². The van der Waals surface area contributed by atoms with E-state index in [0.717, 1.165) is 70.2 Å². The Hall–Kier alpha value is -2.97. The lowest BCUT2D eigenvalue weighted by Gasteiger charge is -2.28. The maximum Gasteiger partial charge on any atom is 0.264 e. The van der Waals surface area contributed by atoms with E-state index in [4.69, 9.17) is 14.5 Å². The van der Waals surface area contributed by atoms with Gasteiger partial charge >= 0.3 is 0 Å². The smallest absolute Gasteiger partial charge is 0.264 e. The number of nitrogens with one attached hydrogen (secondary N) is 1. The third-order valence-electron chi connectivity index (χ3n) is 6.34. The summed E-state index contributed by atoms with van der Waals surface area (Å²) in [6, 6.07) is 10.3. The van der Waals surface area contributed by atoms with Crippen molar-refractivity contribution in [2.24, 2.45) is 13.0 Å². The lowest BCUT2D eigenvalue weighted by molar-refractivity contribution is 0.0699. The van der Waals surface area contributed by atoms with Gasteiger partial charge in [0.15, 0.2) is 0 Å². The van der Waals surface area contributed by atoms with Crippen molar-refractivity contribution in [1.82, 2.24) is 14.5 Å². The number of aromatic nitrogens is 3. The lowest BCUT2D eigenvalue weighted by atomic mass is 10.0. The van der Waals surface area contributed by atoms with Crippen molar-refractivity contribution in [2.75, 3.05) is 56.3 Å². The topological polar surface area (TPSA) is 81.5 Å². The number of rotatable bonds is 5. The summed E-state index contributed by atoms with van der Waals surface area (Å²) < 4.78 is 12.4. The molecular formula is C24H29N5O3. The van der Waals surface area contributed by atoms with Crippen LogP contribution in [0.2, 0.25) is 0 Å². The number of hydrogen-bond acceptors (Lipinski definition) is 7. The first-order chi connectivity index (χ1) is 15.7. The highest BCUT2D eigenvalue weighted by Gasteiger charge is 2.18. The molecule has 2 saturated heterocycles. The number of fused-ring (bicyclic) bond motifs is 1. The van der Waals surface area contributed by atoms with Gasteiger partial charge in [0.05, 0.1) is 30.8 Å². The van der Waals surface area contributed by atoms with Crippen LogP contribution in [0.4, 0.5) is 11.5 Å². The van der Waals surface area contributed by atoms with Crippen LogP contribution in [0.15, 0.2) is 41.5 Å². The molecule has 0 spiro atoms. The number of hydrogen-bond donors (Lipinski definition) is 1. The summed E-state index contributed by atoms with van der Waals surface area (Å²) in [5.41, 5.74) is 3.56. The van der Waals surface area contributed by atoms with Crippen LogP contribution in [-0.2, 0) is 16.5 Å². The second-order valence-electron chi connectivity index (χ2n) is 8.49. The normalized spacial score (nSPS) is 17.6. The second-order valence-corrected chi connectivity index (χ2v) is 8.49. The minimum Gasteiger partial charge on any atom is -0.381 e. The summed E-state index contributed by atoms with van der Waals surface area (Å²) in [4.78, 5) is 24.6. The van der Waals surface area contributed by atoms with E-state index >= 15 is 0 Å². The van der Waals surface area contributed by atoms with Crippen molar-refractivity contribution < 1.29 is 9.47 Å². The van der Waals surface area contributed by atoms with Crippen molar-refractivity contribution in [3.63, 3.8) is 0 Å². The summed E-state index contributed by atoms with van der Waals surface area (Å²) in [5.74, 6) is 1.12. The Morgan fingerprint density at radius 3 is 2.53 bits per heavy atom. The van der Waals surface area contributed by atoms with Crippen LogP contribution in [0.5, 0.6) is 0 Å². The van der Waals surface area contributed by atoms with E-state index in [2.05, 4.69) is 39.5 Å². The first-order valence-corrected chi connectivity index (χ1v) is 11.3. The molecule has 1 aromatic carbocycles. The zero-order chi connectivity index (χ0) is 21.9. The molecule has 8 heteroatoms. The van der Waals surface area contributed by atoms with Crippen molar-refractivity contribution >= 4 is 22.4 Å². The average molecular weight is 436 g/mol. The predicted octanol–water partition coefficient (Wildman–Crippen LogP) is 2.67. The summed E-state index contributed by atoms with van der Waals surface area (Å²) in [7, 11) is 1.72. The fraction of sp³-hybridized carbons (Fsp3) is 0.458. The molecule has 0 bridgehead atoms. The van der Waals surface area contributed by atoms with Gasteiger partial charge in [-0.3, -0.25) is 4.79 Å². The van der Waals surface area contributed by atoms with Crippen molar-refractivity contribution in [2.45, 2.75) is 12.8 Å². The molecule has 0 radical (unpaired) electrons. The van der Waals surface area contributed by atoms with Crippen LogP contribution >= 0.6 is 0 Å². The third-order valence-corrected chi connectivity index (χ3v) is 6.34. The first kappa shape index (κ1) is 20.9. The van der Waals surface area contributed by atoms with E-state index in [-0.39, 0.29) is 5.56 Å². The molecule has 0 aliphatic carbocycles. The zero-order valence-electron chi connectivity index (χ0n) is 18.4. The molecule has 0 unspecified atom stereocenters. The Morgan fingerprint density at radius 1 is 1.06 bits per heavy atom. The minimum absolute atomic E-state index is 0.0915. The first-order valence-electron chi connectivity index (χ1n) is 11.3. The fourth-order valence-electron chi connectivity index (χ4n) is 4.35. The molecule has 0 amide bonds. The van der Waals surface area contributed by atoms with Gasteiger partial charge in [-0.1, -0.05) is 12.1 Å². The molecule has 5 rings (SSSR count). The molecule has 0 saturated carbocycles. The number of anilines is 2. The standard InChI is InChI=1S/C24H29N5O3/c1-28-16-26-21-14-20(18-2-4-19(5-3-18)29-8-12-32-13-9-29)27-23(22(21)24(28)30)25-15-17-6-10-31-11-7-17/h2-5,14,16-17H,6-13,15H2,1H3,(H,25,27). The Morgan fingerprint density at radius 2 is 1.78 bits per heavy atom. The van der Waals surface area contributed by atoms with Gasteiger partial charge in [0.2, 0.25) is 0 Å². The summed E-state index contributed by atoms with van der Waals surface area (Å²) in [6.45, 7) is 5.68. The molecule has 1 N–H and O–H groups in total. The third kappa shape index (κ3) is 4.33. The Bertz CT molecular complexity index is 1130. The molecule has 32 heavy (non-hydrogen) atoms. The van der Waals surface area contributed by atoms with Crippen molar-refractivity contribution in [1.29, 1.82) is 0 Å². The minimum atomic E-state index is -0.0915. The maximum absolute atomic E-state index is 12.9. The molecule has 2 aliphatic heterocycles. The number of pyridine rings is 1. The highest BCUT2D eigenvalue weighted by atomic mass is 16.5. The van der Waals surface area contributed by atoms with Gasteiger partial charge in [-0.2, -0.15) is 0 Å². The van der Waals surface area contributed by atoms with Crippen molar-refractivity contribution in [3.8, 4) is 11.3 Å². The molecule has 4 heterocycles. The van der Waals surface area contributed by atoms with Gasteiger partial charge in [0.1, 0.15) is 11.2 Å². The SMILES string of the molecule is Cn1cnc2cc(-c3ccc(N4CCOCC4)cc3)nc(NCC3CCOCC3)c2c1=O.